The molecule has 0 saturated carbocycles. The van der Waals surface area contributed by atoms with Crippen LogP contribution in [-0.2, 0) is 11.3 Å². The van der Waals surface area contributed by atoms with E-state index in [0.717, 1.165) is 22.4 Å². The van der Waals surface area contributed by atoms with E-state index in [1.54, 1.807) is 7.11 Å². The zero-order chi connectivity index (χ0) is 13.1. The van der Waals surface area contributed by atoms with Crippen LogP contribution in [0.5, 0.6) is 0 Å². The predicted molar refractivity (Wildman–Crippen MR) is 72.1 cm³/mol. The molecule has 0 unspecified atom stereocenters. The molecule has 2 rings (SSSR count). The molecule has 0 amide bonds. The second-order valence-corrected chi connectivity index (χ2v) is 4.23. The minimum atomic E-state index is 0.532. The molecule has 0 aliphatic rings. The van der Waals surface area contributed by atoms with E-state index in [1.807, 2.05) is 38.1 Å². The van der Waals surface area contributed by atoms with E-state index in [1.165, 1.54) is 0 Å². The number of hydrogen-bond donors (Lipinski definition) is 1. The molecule has 2 N–H and O–H groups in total. The summed E-state index contributed by atoms with van der Waals surface area (Å²) in [6.45, 7) is 4.40. The van der Waals surface area contributed by atoms with E-state index in [-0.39, 0.29) is 0 Å². The highest BCUT2D eigenvalue weighted by molar-refractivity contribution is 5.62. The number of aromatic nitrogens is 2. The van der Waals surface area contributed by atoms with E-state index in [0.29, 0.717) is 18.2 Å². The molecule has 0 fully saturated rings. The summed E-state index contributed by atoms with van der Waals surface area (Å²) in [5.41, 5.74) is 9.77. The van der Waals surface area contributed by atoms with Crippen molar-refractivity contribution in [1.82, 2.24) is 9.97 Å². The molecule has 0 saturated heterocycles. The van der Waals surface area contributed by atoms with Gasteiger partial charge in [0.1, 0.15) is 5.82 Å². The lowest BCUT2D eigenvalue weighted by Gasteiger charge is -2.10. The van der Waals surface area contributed by atoms with Gasteiger partial charge in [0.2, 0.25) is 0 Å². The fraction of sp³-hybridized carbons (Fsp3) is 0.286. The van der Waals surface area contributed by atoms with Crippen LogP contribution in [0.1, 0.15) is 16.8 Å². The molecular formula is C14H17N3O. The molecule has 0 spiro atoms. The molecule has 94 valence electrons. The first kappa shape index (κ1) is 12.5. The number of ether oxygens (including phenoxy) is 1. The van der Waals surface area contributed by atoms with Gasteiger partial charge in [0, 0.05) is 23.9 Å². The minimum absolute atomic E-state index is 0.532. The van der Waals surface area contributed by atoms with Gasteiger partial charge in [0.25, 0.3) is 0 Å². The van der Waals surface area contributed by atoms with E-state index >= 15 is 0 Å². The quantitative estimate of drug-likeness (QED) is 0.899. The summed E-state index contributed by atoms with van der Waals surface area (Å²) in [5, 5.41) is 0. The number of nitrogens with two attached hydrogens (primary N) is 1. The van der Waals surface area contributed by atoms with Crippen molar-refractivity contribution in [3.8, 4) is 11.4 Å². The number of rotatable bonds is 3. The van der Waals surface area contributed by atoms with Crippen LogP contribution >= 0.6 is 0 Å². The van der Waals surface area contributed by atoms with E-state index in [2.05, 4.69) is 9.97 Å². The van der Waals surface area contributed by atoms with Gasteiger partial charge in [0.15, 0.2) is 5.82 Å². The number of benzene rings is 1. The van der Waals surface area contributed by atoms with Crippen molar-refractivity contribution in [3.63, 3.8) is 0 Å². The molecule has 2 aromatic rings. The lowest BCUT2D eigenvalue weighted by atomic mass is 10.1. The highest BCUT2D eigenvalue weighted by Crippen LogP contribution is 2.23. The van der Waals surface area contributed by atoms with Crippen LogP contribution in [0.2, 0.25) is 0 Å². The number of anilines is 1. The standard InChI is InChI=1S/C14H17N3O/c1-9-10(2)16-14(17-13(9)15)12-7-5-4-6-11(12)8-18-3/h4-7H,8H2,1-3H3,(H2,15,16,17). The van der Waals surface area contributed by atoms with Gasteiger partial charge in [-0.3, -0.25) is 0 Å². The Morgan fingerprint density at radius 2 is 1.89 bits per heavy atom. The smallest absolute Gasteiger partial charge is 0.162 e. The summed E-state index contributed by atoms with van der Waals surface area (Å²) >= 11 is 0. The van der Waals surface area contributed by atoms with Crippen LogP contribution in [0.4, 0.5) is 5.82 Å². The Bertz CT molecular complexity index is 544. The van der Waals surface area contributed by atoms with Crippen LogP contribution in [0.25, 0.3) is 11.4 Å². The third kappa shape index (κ3) is 2.33. The van der Waals surface area contributed by atoms with Crippen LogP contribution in [-0.4, -0.2) is 17.1 Å². The third-order valence-corrected chi connectivity index (χ3v) is 2.98. The van der Waals surface area contributed by atoms with Crippen molar-refractivity contribution in [3.05, 3.63) is 41.1 Å². The first-order valence-electron chi connectivity index (χ1n) is 5.81. The largest absolute Gasteiger partial charge is 0.383 e. The maximum Gasteiger partial charge on any atom is 0.162 e. The Hall–Kier alpha value is -1.94. The van der Waals surface area contributed by atoms with Gasteiger partial charge in [-0.25, -0.2) is 9.97 Å². The molecule has 18 heavy (non-hydrogen) atoms. The fourth-order valence-electron chi connectivity index (χ4n) is 1.79. The third-order valence-electron chi connectivity index (χ3n) is 2.98. The highest BCUT2D eigenvalue weighted by atomic mass is 16.5. The van der Waals surface area contributed by atoms with Crippen molar-refractivity contribution in [2.24, 2.45) is 0 Å². The van der Waals surface area contributed by atoms with Crippen LogP contribution in [0, 0.1) is 13.8 Å². The van der Waals surface area contributed by atoms with Gasteiger partial charge in [0.05, 0.1) is 6.61 Å². The molecule has 4 nitrogen and oxygen atoms in total. The summed E-state index contributed by atoms with van der Waals surface area (Å²) in [6, 6.07) is 7.93. The fourth-order valence-corrected chi connectivity index (χ4v) is 1.79. The molecule has 1 aromatic heterocycles. The molecule has 0 aliphatic carbocycles. The second-order valence-electron chi connectivity index (χ2n) is 4.23. The summed E-state index contributed by atoms with van der Waals surface area (Å²) < 4.78 is 5.19. The topological polar surface area (TPSA) is 61.0 Å². The highest BCUT2D eigenvalue weighted by Gasteiger charge is 2.10. The first-order valence-corrected chi connectivity index (χ1v) is 5.81. The van der Waals surface area contributed by atoms with E-state index in [9.17, 15) is 0 Å². The van der Waals surface area contributed by atoms with Crippen molar-refractivity contribution in [2.45, 2.75) is 20.5 Å². The van der Waals surface area contributed by atoms with Crippen LogP contribution < -0.4 is 5.73 Å². The summed E-state index contributed by atoms with van der Waals surface area (Å²) in [6.07, 6.45) is 0. The molecule has 0 atom stereocenters. The maximum absolute atomic E-state index is 5.90. The second kappa shape index (κ2) is 5.14. The Morgan fingerprint density at radius 1 is 1.17 bits per heavy atom. The van der Waals surface area contributed by atoms with Gasteiger partial charge < -0.3 is 10.5 Å². The first-order chi connectivity index (χ1) is 8.63. The van der Waals surface area contributed by atoms with Crippen molar-refractivity contribution in [2.75, 3.05) is 12.8 Å². The molecule has 1 aromatic carbocycles. The van der Waals surface area contributed by atoms with Gasteiger partial charge in [-0.2, -0.15) is 0 Å². The SMILES string of the molecule is COCc1ccccc1-c1nc(C)c(C)c(N)n1. The Labute approximate surface area is 107 Å². The maximum atomic E-state index is 5.90. The number of aryl methyl sites for hydroxylation is 1. The summed E-state index contributed by atoms with van der Waals surface area (Å²) in [4.78, 5) is 8.86. The zero-order valence-corrected chi connectivity index (χ0v) is 10.9. The number of nitrogens with zero attached hydrogens (tertiary/aromatic N) is 2. The molecule has 0 aliphatic heterocycles. The van der Waals surface area contributed by atoms with Crippen LogP contribution in [0.15, 0.2) is 24.3 Å². The van der Waals surface area contributed by atoms with Gasteiger partial charge in [-0.1, -0.05) is 24.3 Å². The lowest BCUT2D eigenvalue weighted by Crippen LogP contribution is -2.03. The summed E-state index contributed by atoms with van der Waals surface area (Å²) in [7, 11) is 1.67. The Balaban J connectivity index is 2.55. The minimum Gasteiger partial charge on any atom is -0.383 e. The molecule has 0 radical (unpaired) electrons. The van der Waals surface area contributed by atoms with Crippen molar-refractivity contribution in [1.29, 1.82) is 0 Å². The Kier molecular flexibility index (Phi) is 3.58. The monoisotopic (exact) mass is 243 g/mol. The lowest BCUT2D eigenvalue weighted by molar-refractivity contribution is 0.185. The van der Waals surface area contributed by atoms with Gasteiger partial charge in [-0.05, 0) is 19.4 Å². The molecule has 1 heterocycles. The average Bonchev–Trinajstić information content (AvgIpc) is 2.36. The van der Waals surface area contributed by atoms with Gasteiger partial charge >= 0.3 is 0 Å². The summed E-state index contributed by atoms with van der Waals surface area (Å²) in [5.74, 6) is 1.19. The molecule has 4 heteroatoms. The number of nitrogen functional groups attached to an aromatic ring is 1. The number of methoxy groups -OCH3 is 1. The molecule has 0 bridgehead atoms. The van der Waals surface area contributed by atoms with Crippen LogP contribution in [0.3, 0.4) is 0 Å². The molecular weight excluding hydrogens is 226 g/mol. The number of hydrogen-bond acceptors (Lipinski definition) is 4. The van der Waals surface area contributed by atoms with E-state index < -0.39 is 0 Å². The van der Waals surface area contributed by atoms with Gasteiger partial charge in [-0.15, -0.1) is 0 Å². The average molecular weight is 243 g/mol. The van der Waals surface area contributed by atoms with E-state index in [4.69, 9.17) is 10.5 Å². The normalized spacial score (nSPS) is 10.6. The zero-order valence-electron chi connectivity index (χ0n) is 10.9. The van der Waals surface area contributed by atoms with Crippen molar-refractivity contribution < 1.29 is 4.74 Å². The van der Waals surface area contributed by atoms with Crippen molar-refractivity contribution >= 4 is 5.82 Å². The predicted octanol–water partition coefficient (Wildman–Crippen LogP) is 2.49. The Morgan fingerprint density at radius 3 is 2.56 bits per heavy atom.